The Labute approximate surface area is 82.3 Å². The summed E-state index contributed by atoms with van der Waals surface area (Å²) in [5, 5.41) is 12.2. The molecule has 2 bridgehead atoms. The van der Waals surface area contributed by atoms with Crippen LogP contribution in [-0.4, -0.2) is 35.7 Å². The molecule has 0 aromatic rings. The molecule has 2 unspecified atom stereocenters. The van der Waals surface area contributed by atoms with E-state index in [1.165, 1.54) is 0 Å². The molecule has 0 saturated carbocycles. The summed E-state index contributed by atoms with van der Waals surface area (Å²) in [5.74, 6) is 3.26. The van der Waals surface area contributed by atoms with E-state index in [0.29, 0.717) is 24.2 Å². The van der Waals surface area contributed by atoms with Crippen LogP contribution >= 0.6 is 11.8 Å². The number of hydrogen-bond acceptors (Lipinski definition) is 3. The molecule has 0 aromatic carbocycles. The van der Waals surface area contributed by atoms with Gasteiger partial charge in [-0.25, -0.2) is 0 Å². The van der Waals surface area contributed by atoms with Gasteiger partial charge >= 0.3 is 5.97 Å². The number of nitrogens with one attached hydrogen (secondary N) is 1. The molecule has 2 saturated heterocycles. The summed E-state index contributed by atoms with van der Waals surface area (Å²) < 4.78 is 0. The van der Waals surface area contributed by atoms with Crippen molar-refractivity contribution in [1.82, 2.24) is 5.32 Å². The molecule has 0 radical (unpaired) electrons. The van der Waals surface area contributed by atoms with E-state index in [0.717, 1.165) is 24.6 Å². The van der Waals surface area contributed by atoms with Crippen LogP contribution in [-0.2, 0) is 4.79 Å². The van der Waals surface area contributed by atoms with Crippen LogP contribution in [0.15, 0.2) is 0 Å². The average Bonchev–Trinajstić information content (AvgIpc) is 2.02. The third-order valence-corrected chi connectivity index (χ3v) is 4.43. The summed E-state index contributed by atoms with van der Waals surface area (Å²) in [7, 11) is 0. The Morgan fingerprint density at radius 1 is 1.38 bits per heavy atom. The van der Waals surface area contributed by atoms with Crippen molar-refractivity contribution in [2.24, 2.45) is 17.8 Å². The van der Waals surface area contributed by atoms with Gasteiger partial charge in [-0.05, 0) is 42.3 Å². The van der Waals surface area contributed by atoms with Gasteiger partial charge in [-0.2, -0.15) is 11.8 Å². The first-order valence-corrected chi connectivity index (χ1v) is 5.93. The summed E-state index contributed by atoms with van der Waals surface area (Å²) in [6.07, 6.45) is 0.373. The van der Waals surface area contributed by atoms with Crippen molar-refractivity contribution < 1.29 is 9.90 Å². The van der Waals surface area contributed by atoms with E-state index in [-0.39, 0.29) is 0 Å². The van der Waals surface area contributed by atoms with Crippen molar-refractivity contribution in [3.8, 4) is 0 Å². The lowest BCUT2D eigenvalue weighted by Gasteiger charge is -2.41. The number of hydrogen-bond donors (Lipinski definition) is 2. The molecule has 0 amide bonds. The highest BCUT2D eigenvalue weighted by Crippen LogP contribution is 2.37. The van der Waals surface area contributed by atoms with Crippen molar-refractivity contribution in [2.45, 2.75) is 6.42 Å². The number of thioether (sulfide) groups is 1. The molecule has 74 valence electrons. The number of fused-ring (bicyclic) bond motifs is 2. The summed E-state index contributed by atoms with van der Waals surface area (Å²) in [6.45, 7) is 2.03. The van der Waals surface area contributed by atoms with E-state index in [1.807, 2.05) is 11.8 Å². The molecule has 0 aromatic heterocycles. The Balaban J connectivity index is 2.02. The van der Waals surface area contributed by atoms with E-state index < -0.39 is 5.97 Å². The summed E-state index contributed by atoms with van der Waals surface area (Å²) in [4.78, 5) is 10.7. The van der Waals surface area contributed by atoms with Crippen molar-refractivity contribution in [1.29, 1.82) is 0 Å². The highest BCUT2D eigenvalue weighted by Gasteiger charge is 2.37. The first-order chi connectivity index (χ1) is 6.27. The molecule has 2 fully saturated rings. The van der Waals surface area contributed by atoms with Crippen LogP contribution in [0.4, 0.5) is 0 Å². The maximum absolute atomic E-state index is 10.7. The smallest absolute Gasteiger partial charge is 0.303 e. The molecule has 2 aliphatic rings. The van der Waals surface area contributed by atoms with Crippen LogP contribution in [0, 0.1) is 17.8 Å². The quantitative estimate of drug-likeness (QED) is 0.689. The fraction of sp³-hybridized carbons (Fsp3) is 0.889. The third kappa shape index (κ3) is 1.99. The Morgan fingerprint density at radius 2 is 2.00 bits per heavy atom. The molecule has 13 heavy (non-hydrogen) atoms. The zero-order chi connectivity index (χ0) is 9.26. The van der Waals surface area contributed by atoms with Gasteiger partial charge < -0.3 is 10.4 Å². The fourth-order valence-corrected chi connectivity index (χ4v) is 3.88. The van der Waals surface area contributed by atoms with Gasteiger partial charge in [-0.15, -0.1) is 0 Å². The molecule has 0 aliphatic carbocycles. The molecular formula is C9H15NO2S. The van der Waals surface area contributed by atoms with E-state index in [1.54, 1.807) is 0 Å². The lowest BCUT2D eigenvalue weighted by molar-refractivity contribution is -0.139. The van der Waals surface area contributed by atoms with Gasteiger partial charge in [-0.1, -0.05) is 0 Å². The number of carboxylic acids is 1. The fourth-order valence-electron chi connectivity index (χ4n) is 2.41. The number of aliphatic carboxylic acids is 1. The maximum atomic E-state index is 10.7. The normalized spacial score (nSPS) is 38.6. The molecule has 2 atom stereocenters. The number of carboxylic acid groups (broad SMARTS) is 1. The SMILES string of the molecule is O=C(O)CC1C2CNCC1CSC2. The Kier molecular flexibility index (Phi) is 2.79. The van der Waals surface area contributed by atoms with Crippen molar-refractivity contribution in [3.63, 3.8) is 0 Å². The second-order valence-electron chi connectivity index (χ2n) is 3.98. The summed E-state index contributed by atoms with van der Waals surface area (Å²) in [5.41, 5.74) is 0. The van der Waals surface area contributed by atoms with Gasteiger partial charge in [0, 0.05) is 6.42 Å². The molecule has 2 aliphatic heterocycles. The maximum Gasteiger partial charge on any atom is 0.303 e. The largest absolute Gasteiger partial charge is 0.481 e. The van der Waals surface area contributed by atoms with Gasteiger partial charge in [0.1, 0.15) is 0 Å². The first kappa shape index (κ1) is 9.34. The van der Waals surface area contributed by atoms with E-state index in [2.05, 4.69) is 5.32 Å². The van der Waals surface area contributed by atoms with Gasteiger partial charge in [0.15, 0.2) is 0 Å². The zero-order valence-electron chi connectivity index (χ0n) is 7.53. The molecule has 2 N–H and O–H groups in total. The van der Waals surface area contributed by atoms with Crippen LogP contribution in [0.3, 0.4) is 0 Å². The van der Waals surface area contributed by atoms with Gasteiger partial charge in [0.05, 0.1) is 0 Å². The minimum absolute atomic E-state index is 0.373. The monoisotopic (exact) mass is 201 g/mol. The number of carbonyl (C=O) groups is 1. The predicted octanol–water partition coefficient (Wildman–Crippen LogP) is 0.660. The summed E-state index contributed by atoms with van der Waals surface area (Å²) in [6, 6.07) is 0. The van der Waals surface area contributed by atoms with E-state index in [9.17, 15) is 4.79 Å². The molecular weight excluding hydrogens is 186 g/mol. The lowest BCUT2D eigenvalue weighted by atomic mass is 9.78. The second kappa shape index (κ2) is 3.88. The molecule has 4 heteroatoms. The molecule has 0 spiro atoms. The standard InChI is InChI=1S/C9H15NO2S/c11-9(12)1-8-6-2-10-3-7(8)5-13-4-6/h6-8,10H,1-5H2,(H,11,12). The van der Waals surface area contributed by atoms with Crippen molar-refractivity contribution >= 4 is 17.7 Å². The molecule has 2 rings (SSSR count). The van der Waals surface area contributed by atoms with Crippen LogP contribution < -0.4 is 5.32 Å². The minimum Gasteiger partial charge on any atom is -0.481 e. The molecule has 2 heterocycles. The zero-order valence-corrected chi connectivity index (χ0v) is 8.35. The van der Waals surface area contributed by atoms with E-state index in [4.69, 9.17) is 5.11 Å². The average molecular weight is 201 g/mol. The van der Waals surface area contributed by atoms with Crippen LogP contribution in [0.1, 0.15) is 6.42 Å². The minimum atomic E-state index is -0.631. The third-order valence-electron chi connectivity index (χ3n) is 3.10. The van der Waals surface area contributed by atoms with E-state index >= 15 is 0 Å². The lowest BCUT2D eigenvalue weighted by Crippen LogP contribution is -2.48. The highest BCUT2D eigenvalue weighted by atomic mass is 32.2. The topological polar surface area (TPSA) is 49.3 Å². The molecule has 3 nitrogen and oxygen atoms in total. The number of piperidine rings is 1. The second-order valence-corrected chi connectivity index (χ2v) is 5.05. The summed E-state index contributed by atoms with van der Waals surface area (Å²) >= 11 is 1.98. The van der Waals surface area contributed by atoms with Crippen molar-refractivity contribution in [2.75, 3.05) is 24.6 Å². The van der Waals surface area contributed by atoms with Gasteiger partial charge in [0.2, 0.25) is 0 Å². The van der Waals surface area contributed by atoms with Crippen LogP contribution in [0.2, 0.25) is 0 Å². The Bertz CT molecular complexity index is 188. The highest BCUT2D eigenvalue weighted by molar-refractivity contribution is 7.99. The number of rotatable bonds is 2. The first-order valence-electron chi connectivity index (χ1n) is 4.77. The predicted molar refractivity (Wildman–Crippen MR) is 52.9 cm³/mol. The van der Waals surface area contributed by atoms with Gasteiger partial charge in [-0.3, -0.25) is 4.79 Å². The van der Waals surface area contributed by atoms with Crippen LogP contribution in [0.5, 0.6) is 0 Å². The van der Waals surface area contributed by atoms with Gasteiger partial charge in [0.25, 0.3) is 0 Å². The van der Waals surface area contributed by atoms with Crippen molar-refractivity contribution in [3.05, 3.63) is 0 Å². The Hall–Kier alpha value is -0.220. The van der Waals surface area contributed by atoms with Crippen LogP contribution in [0.25, 0.3) is 0 Å². The Morgan fingerprint density at radius 3 is 2.54 bits per heavy atom.